The molecule has 0 saturated carbocycles. The third-order valence-electron chi connectivity index (χ3n) is 4.64. The van der Waals surface area contributed by atoms with E-state index < -0.39 is 5.60 Å². The van der Waals surface area contributed by atoms with Crippen molar-refractivity contribution in [3.05, 3.63) is 29.8 Å². The number of phenols is 1. The van der Waals surface area contributed by atoms with Crippen LogP contribution in [0.25, 0.3) is 0 Å². The third-order valence-corrected chi connectivity index (χ3v) is 4.64. The lowest BCUT2D eigenvalue weighted by molar-refractivity contribution is 0.00920. The van der Waals surface area contributed by atoms with Gasteiger partial charge in [-0.25, -0.2) is 4.79 Å². The van der Waals surface area contributed by atoms with Gasteiger partial charge in [-0.05, 0) is 56.2 Å². The SMILES string of the molecule is C[C@H]1CN(C(=O)OC(C)(C)C)CC[C@@]1(C)c1cccc(O)c1. The van der Waals surface area contributed by atoms with Gasteiger partial charge >= 0.3 is 6.09 Å². The van der Waals surface area contributed by atoms with Crippen LogP contribution in [0.15, 0.2) is 24.3 Å². The van der Waals surface area contributed by atoms with Gasteiger partial charge in [0.05, 0.1) is 0 Å². The van der Waals surface area contributed by atoms with Crippen LogP contribution in [0.4, 0.5) is 4.79 Å². The fourth-order valence-electron chi connectivity index (χ4n) is 3.02. The summed E-state index contributed by atoms with van der Waals surface area (Å²) in [5, 5.41) is 9.73. The van der Waals surface area contributed by atoms with Gasteiger partial charge in [-0.2, -0.15) is 0 Å². The Bertz CT molecular complexity index is 550. The van der Waals surface area contributed by atoms with Crippen molar-refractivity contribution in [2.45, 2.75) is 52.1 Å². The first-order chi connectivity index (χ1) is 10.1. The number of hydrogen-bond donors (Lipinski definition) is 1. The van der Waals surface area contributed by atoms with Crippen molar-refractivity contribution in [2.24, 2.45) is 5.92 Å². The molecule has 0 bridgehead atoms. The minimum Gasteiger partial charge on any atom is -0.508 e. The van der Waals surface area contributed by atoms with Crippen molar-refractivity contribution in [1.82, 2.24) is 4.90 Å². The summed E-state index contributed by atoms with van der Waals surface area (Å²) in [6.07, 6.45) is 0.619. The summed E-state index contributed by atoms with van der Waals surface area (Å²) in [5.41, 5.74) is 0.618. The molecule has 1 fully saturated rings. The quantitative estimate of drug-likeness (QED) is 0.855. The predicted octanol–water partition coefficient (Wildman–Crippen LogP) is 3.93. The van der Waals surface area contributed by atoms with Crippen molar-refractivity contribution in [1.29, 1.82) is 0 Å². The van der Waals surface area contributed by atoms with Crippen LogP contribution >= 0.6 is 0 Å². The fourth-order valence-corrected chi connectivity index (χ4v) is 3.02. The maximum atomic E-state index is 12.2. The van der Waals surface area contributed by atoms with Crippen molar-refractivity contribution in [2.75, 3.05) is 13.1 Å². The van der Waals surface area contributed by atoms with Gasteiger partial charge in [0.2, 0.25) is 0 Å². The summed E-state index contributed by atoms with van der Waals surface area (Å²) in [4.78, 5) is 14.0. The highest BCUT2D eigenvalue weighted by Gasteiger charge is 2.40. The van der Waals surface area contributed by atoms with Crippen LogP contribution in [-0.2, 0) is 10.2 Å². The fraction of sp³-hybridized carbons (Fsp3) is 0.611. The molecule has 1 aromatic carbocycles. The zero-order chi connectivity index (χ0) is 16.5. The van der Waals surface area contributed by atoms with Gasteiger partial charge in [0.15, 0.2) is 0 Å². The molecule has 0 aromatic heterocycles. The first-order valence-electron chi connectivity index (χ1n) is 7.89. The van der Waals surface area contributed by atoms with Crippen molar-refractivity contribution < 1.29 is 14.6 Å². The number of piperidine rings is 1. The number of ether oxygens (including phenoxy) is 1. The number of aromatic hydroxyl groups is 1. The second-order valence-corrected chi connectivity index (χ2v) is 7.55. The van der Waals surface area contributed by atoms with Crippen LogP contribution in [-0.4, -0.2) is 34.8 Å². The lowest BCUT2D eigenvalue weighted by atomic mass is 9.68. The average molecular weight is 305 g/mol. The second kappa shape index (κ2) is 5.82. The van der Waals surface area contributed by atoms with E-state index in [-0.39, 0.29) is 17.4 Å². The van der Waals surface area contributed by atoms with Crippen molar-refractivity contribution in [3.63, 3.8) is 0 Å². The minimum atomic E-state index is -0.466. The van der Waals surface area contributed by atoms with Gasteiger partial charge in [-0.15, -0.1) is 0 Å². The Morgan fingerprint density at radius 3 is 2.64 bits per heavy atom. The highest BCUT2D eigenvalue weighted by molar-refractivity contribution is 5.68. The van der Waals surface area contributed by atoms with Crippen LogP contribution < -0.4 is 0 Å². The lowest BCUT2D eigenvalue weighted by Crippen LogP contribution is -2.50. The second-order valence-electron chi connectivity index (χ2n) is 7.55. The Labute approximate surface area is 133 Å². The highest BCUT2D eigenvalue weighted by Crippen LogP contribution is 2.40. The van der Waals surface area contributed by atoms with Gasteiger partial charge in [-0.3, -0.25) is 0 Å². The number of hydrogen-bond acceptors (Lipinski definition) is 3. The first kappa shape index (κ1) is 16.7. The van der Waals surface area contributed by atoms with Crippen LogP contribution in [0.2, 0.25) is 0 Å². The number of benzene rings is 1. The molecule has 1 N–H and O–H groups in total. The number of amides is 1. The van der Waals surface area contributed by atoms with Gasteiger partial charge < -0.3 is 14.7 Å². The highest BCUT2D eigenvalue weighted by atomic mass is 16.6. The predicted molar refractivity (Wildman–Crippen MR) is 87.0 cm³/mol. The maximum absolute atomic E-state index is 12.2. The Balaban J connectivity index is 2.11. The molecule has 1 saturated heterocycles. The van der Waals surface area contributed by atoms with E-state index in [2.05, 4.69) is 19.9 Å². The van der Waals surface area contributed by atoms with Crippen LogP contribution in [0.1, 0.15) is 46.6 Å². The maximum Gasteiger partial charge on any atom is 0.410 e. The largest absolute Gasteiger partial charge is 0.508 e. The molecule has 4 nitrogen and oxygen atoms in total. The third kappa shape index (κ3) is 3.54. The molecule has 22 heavy (non-hydrogen) atoms. The number of carbonyl (C=O) groups is 1. The molecule has 2 rings (SSSR count). The Hall–Kier alpha value is -1.71. The Kier molecular flexibility index (Phi) is 4.41. The summed E-state index contributed by atoms with van der Waals surface area (Å²) in [5.74, 6) is 0.580. The van der Waals surface area contributed by atoms with Crippen molar-refractivity contribution >= 4 is 6.09 Å². The standard InChI is InChI=1S/C18H27NO3/c1-13-12-19(16(21)22-17(2,3)4)10-9-18(13,5)14-7-6-8-15(20)11-14/h6-8,11,13,20H,9-10,12H2,1-5H3/t13-,18+/m0/s1. The molecule has 0 unspecified atom stereocenters. The minimum absolute atomic E-state index is 0.0444. The smallest absolute Gasteiger partial charge is 0.410 e. The summed E-state index contributed by atoms with van der Waals surface area (Å²) in [6.45, 7) is 11.4. The number of phenolic OH excluding ortho intramolecular Hbond substituents is 1. The van der Waals surface area contributed by atoms with E-state index in [9.17, 15) is 9.90 Å². The number of rotatable bonds is 1. The van der Waals surface area contributed by atoms with Gasteiger partial charge in [-0.1, -0.05) is 26.0 Å². The van der Waals surface area contributed by atoms with E-state index in [1.165, 1.54) is 0 Å². The molecular weight excluding hydrogens is 278 g/mol. The van der Waals surface area contributed by atoms with Gasteiger partial charge in [0, 0.05) is 13.1 Å². The van der Waals surface area contributed by atoms with E-state index in [4.69, 9.17) is 4.74 Å². The normalized spacial score (nSPS) is 25.9. The molecule has 2 atom stereocenters. The molecule has 122 valence electrons. The lowest BCUT2D eigenvalue weighted by Gasteiger charge is -2.45. The average Bonchev–Trinajstić information content (AvgIpc) is 2.40. The topological polar surface area (TPSA) is 49.8 Å². The summed E-state index contributed by atoms with van der Waals surface area (Å²) in [7, 11) is 0. The number of nitrogens with zero attached hydrogens (tertiary/aromatic N) is 1. The van der Waals surface area contributed by atoms with E-state index in [0.29, 0.717) is 18.8 Å². The van der Waals surface area contributed by atoms with Crippen molar-refractivity contribution in [3.8, 4) is 5.75 Å². The molecule has 0 spiro atoms. The summed E-state index contributed by atoms with van der Waals surface area (Å²) >= 11 is 0. The summed E-state index contributed by atoms with van der Waals surface area (Å²) in [6, 6.07) is 7.45. The molecule has 0 aliphatic carbocycles. The molecule has 1 aromatic rings. The first-order valence-corrected chi connectivity index (χ1v) is 7.89. The number of likely N-dealkylation sites (tertiary alicyclic amines) is 1. The molecular formula is C18H27NO3. The van der Waals surface area contributed by atoms with Crippen LogP contribution in [0, 0.1) is 5.92 Å². The van der Waals surface area contributed by atoms with Crippen LogP contribution in [0.3, 0.4) is 0 Å². The molecule has 0 radical (unpaired) electrons. The monoisotopic (exact) mass is 305 g/mol. The van der Waals surface area contributed by atoms with E-state index in [1.807, 2.05) is 32.9 Å². The Morgan fingerprint density at radius 2 is 2.09 bits per heavy atom. The molecule has 1 heterocycles. The van der Waals surface area contributed by atoms with E-state index in [0.717, 1.165) is 12.0 Å². The van der Waals surface area contributed by atoms with E-state index in [1.54, 1.807) is 11.0 Å². The summed E-state index contributed by atoms with van der Waals surface area (Å²) < 4.78 is 5.47. The molecule has 1 amide bonds. The Morgan fingerprint density at radius 1 is 1.41 bits per heavy atom. The van der Waals surface area contributed by atoms with Gasteiger partial charge in [0.25, 0.3) is 0 Å². The van der Waals surface area contributed by atoms with Crippen LogP contribution in [0.5, 0.6) is 5.75 Å². The molecule has 1 aliphatic rings. The van der Waals surface area contributed by atoms with Gasteiger partial charge in [0.1, 0.15) is 11.4 Å². The zero-order valence-corrected chi connectivity index (χ0v) is 14.2. The number of carbonyl (C=O) groups excluding carboxylic acids is 1. The molecule has 4 heteroatoms. The zero-order valence-electron chi connectivity index (χ0n) is 14.2. The molecule has 1 aliphatic heterocycles. The van der Waals surface area contributed by atoms with E-state index >= 15 is 0 Å².